The third-order valence-electron chi connectivity index (χ3n) is 4.55. The van der Waals surface area contributed by atoms with Crippen LogP contribution in [0.5, 0.6) is 0 Å². The van der Waals surface area contributed by atoms with E-state index in [9.17, 15) is 9.59 Å². The monoisotopic (exact) mass is 317 g/mol. The minimum Gasteiger partial charge on any atom is -0.439 e. The van der Waals surface area contributed by atoms with Crippen LogP contribution >= 0.6 is 0 Å². The highest BCUT2D eigenvalue weighted by Gasteiger charge is 2.48. The molecular formula is C15H19N5O3. The van der Waals surface area contributed by atoms with E-state index in [4.69, 9.17) is 4.74 Å². The second-order valence-corrected chi connectivity index (χ2v) is 6.59. The van der Waals surface area contributed by atoms with Gasteiger partial charge in [-0.15, -0.1) is 0 Å². The lowest BCUT2D eigenvalue weighted by Gasteiger charge is -2.21. The van der Waals surface area contributed by atoms with Gasteiger partial charge in [-0.1, -0.05) is 0 Å². The van der Waals surface area contributed by atoms with Crippen molar-refractivity contribution in [1.82, 2.24) is 24.4 Å². The molecule has 2 aliphatic heterocycles. The molecule has 0 unspecified atom stereocenters. The molecule has 1 atom stereocenters. The molecule has 0 saturated carbocycles. The Morgan fingerprint density at radius 3 is 2.91 bits per heavy atom. The van der Waals surface area contributed by atoms with Crippen LogP contribution in [0.25, 0.3) is 5.65 Å². The van der Waals surface area contributed by atoms with Crippen molar-refractivity contribution in [1.29, 1.82) is 0 Å². The van der Waals surface area contributed by atoms with Crippen molar-refractivity contribution in [3.05, 3.63) is 33.9 Å². The maximum atomic E-state index is 12.1. The number of likely N-dealkylation sites (N-methyl/N-ethyl adjacent to an activating group) is 1. The SMILES string of the molecule is Cc1cc2nc(CN3CC[C@]4(C3)CN(C)C(=O)O4)cc(=O)n2[nH]1. The van der Waals surface area contributed by atoms with E-state index in [0.29, 0.717) is 25.3 Å². The van der Waals surface area contributed by atoms with Crippen LogP contribution in [0.2, 0.25) is 0 Å². The van der Waals surface area contributed by atoms with Gasteiger partial charge in [0.15, 0.2) is 5.65 Å². The first kappa shape index (κ1) is 14.3. The quantitative estimate of drug-likeness (QED) is 0.864. The van der Waals surface area contributed by atoms with Gasteiger partial charge >= 0.3 is 6.09 Å². The van der Waals surface area contributed by atoms with Crippen LogP contribution in [0.15, 0.2) is 16.9 Å². The van der Waals surface area contributed by atoms with Crippen molar-refractivity contribution >= 4 is 11.7 Å². The summed E-state index contributed by atoms with van der Waals surface area (Å²) in [6.07, 6.45) is 0.556. The summed E-state index contributed by atoms with van der Waals surface area (Å²) in [4.78, 5) is 32.1. The van der Waals surface area contributed by atoms with Crippen molar-refractivity contribution in [2.24, 2.45) is 0 Å². The predicted molar refractivity (Wildman–Crippen MR) is 82.3 cm³/mol. The number of aryl methyl sites for hydroxylation is 1. The largest absolute Gasteiger partial charge is 0.439 e. The van der Waals surface area contributed by atoms with Crippen LogP contribution in [-0.2, 0) is 11.3 Å². The average molecular weight is 317 g/mol. The first-order valence-corrected chi connectivity index (χ1v) is 7.69. The Labute approximate surface area is 132 Å². The molecule has 4 rings (SSSR count). The predicted octanol–water partition coefficient (Wildman–Crippen LogP) is 0.358. The van der Waals surface area contributed by atoms with Crippen LogP contribution in [-0.4, -0.2) is 62.8 Å². The molecule has 2 fully saturated rings. The van der Waals surface area contributed by atoms with Gasteiger partial charge in [-0.2, -0.15) is 0 Å². The third-order valence-corrected chi connectivity index (χ3v) is 4.55. The van der Waals surface area contributed by atoms with Gasteiger partial charge in [-0.25, -0.2) is 14.3 Å². The highest BCUT2D eigenvalue weighted by molar-refractivity contribution is 5.70. The number of likely N-dealkylation sites (tertiary alicyclic amines) is 1. The summed E-state index contributed by atoms with van der Waals surface area (Å²) in [7, 11) is 1.75. The number of hydrogen-bond donors (Lipinski definition) is 1. The topological polar surface area (TPSA) is 82.9 Å². The Hall–Kier alpha value is -2.35. The Kier molecular flexibility index (Phi) is 2.99. The van der Waals surface area contributed by atoms with Gasteiger partial charge in [-0.3, -0.25) is 14.8 Å². The number of aromatic nitrogens is 3. The summed E-state index contributed by atoms with van der Waals surface area (Å²) in [6, 6.07) is 3.41. The second kappa shape index (κ2) is 4.82. The fourth-order valence-corrected chi connectivity index (χ4v) is 3.54. The number of ether oxygens (including phenoxy) is 1. The molecule has 1 N–H and O–H groups in total. The van der Waals surface area contributed by atoms with Crippen molar-refractivity contribution in [2.75, 3.05) is 26.7 Å². The molecule has 2 aromatic rings. The van der Waals surface area contributed by atoms with Crippen LogP contribution in [0, 0.1) is 6.92 Å². The van der Waals surface area contributed by atoms with Gasteiger partial charge in [0.1, 0.15) is 5.60 Å². The Morgan fingerprint density at radius 2 is 2.17 bits per heavy atom. The number of hydrogen-bond acceptors (Lipinski definition) is 5. The van der Waals surface area contributed by atoms with E-state index in [1.54, 1.807) is 18.0 Å². The number of aromatic amines is 1. The lowest BCUT2D eigenvalue weighted by molar-refractivity contribution is 0.0626. The molecule has 0 bridgehead atoms. The lowest BCUT2D eigenvalue weighted by atomic mass is 10.0. The summed E-state index contributed by atoms with van der Waals surface area (Å²) in [5, 5.41) is 2.96. The van der Waals surface area contributed by atoms with E-state index in [2.05, 4.69) is 15.0 Å². The van der Waals surface area contributed by atoms with E-state index in [-0.39, 0.29) is 11.7 Å². The summed E-state index contributed by atoms with van der Waals surface area (Å²) in [5.41, 5.74) is 1.75. The van der Waals surface area contributed by atoms with E-state index in [1.807, 2.05) is 13.0 Å². The van der Waals surface area contributed by atoms with Crippen molar-refractivity contribution < 1.29 is 9.53 Å². The van der Waals surface area contributed by atoms with Gasteiger partial charge in [0.05, 0.1) is 12.2 Å². The highest BCUT2D eigenvalue weighted by Crippen LogP contribution is 2.32. The van der Waals surface area contributed by atoms with Gasteiger partial charge in [0.25, 0.3) is 5.56 Å². The lowest BCUT2D eigenvalue weighted by Crippen LogP contribution is -2.37. The van der Waals surface area contributed by atoms with Crippen LogP contribution in [0.1, 0.15) is 17.8 Å². The number of amides is 1. The Balaban J connectivity index is 1.53. The average Bonchev–Trinajstić information content (AvgIpc) is 3.10. The van der Waals surface area contributed by atoms with Crippen LogP contribution in [0.3, 0.4) is 0 Å². The summed E-state index contributed by atoms with van der Waals surface area (Å²) >= 11 is 0. The number of carbonyl (C=O) groups is 1. The van der Waals surface area contributed by atoms with E-state index in [1.165, 1.54) is 4.52 Å². The van der Waals surface area contributed by atoms with Gasteiger partial charge < -0.3 is 9.64 Å². The molecule has 0 aliphatic carbocycles. The number of rotatable bonds is 2. The molecule has 4 heterocycles. The van der Waals surface area contributed by atoms with Gasteiger partial charge in [0.2, 0.25) is 0 Å². The first-order chi connectivity index (χ1) is 10.9. The van der Waals surface area contributed by atoms with Gasteiger partial charge in [-0.05, 0) is 6.92 Å². The maximum absolute atomic E-state index is 12.1. The fraction of sp³-hybridized carbons (Fsp3) is 0.533. The van der Waals surface area contributed by atoms with E-state index < -0.39 is 5.60 Å². The van der Waals surface area contributed by atoms with Crippen molar-refractivity contribution in [2.45, 2.75) is 25.5 Å². The number of nitrogens with one attached hydrogen (secondary N) is 1. The Morgan fingerprint density at radius 1 is 1.35 bits per heavy atom. The number of nitrogens with zero attached hydrogens (tertiary/aromatic N) is 4. The zero-order valence-corrected chi connectivity index (χ0v) is 13.2. The third kappa shape index (κ3) is 2.39. The zero-order chi connectivity index (χ0) is 16.2. The number of carbonyl (C=O) groups excluding carboxylic acids is 1. The molecule has 8 heteroatoms. The molecular weight excluding hydrogens is 298 g/mol. The standard InChI is InChI=1S/C15H19N5O3/c1-10-5-12-16-11(6-13(21)20(12)17-10)7-19-4-3-15(9-19)8-18(2)14(22)23-15/h5-6,17H,3-4,7-9H2,1-2H3/t15-/m1/s1. The normalized spacial score (nSPS) is 25.0. The molecule has 1 spiro atoms. The number of H-pyrrole nitrogens is 1. The van der Waals surface area contributed by atoms with Crippen LogP contribution < -0.4 is 5.56 Å². The molecule has 23 heavy (non-hydrogen) atoms. The Bertz CT molecular complexity index is 841. The summed E-state index contributed by atoms with van der Waals surface area (Å²) in [6.45, 7) is 4.60. The molecule has 8 nitrogen and oxygen atoms in total. The molecule has 2 aliphatic rings. The van der Waals surface area contributed by atoms with Crippen LogP contribution in [0.4, 0.5) is 4.79 Å². The van der Waals surface area contributed by atoms with E-state index in [0.717, 1.165) is 24.4 Å². The molecule has 0 aromatic carbocycles. The summed E-state index contributed by atoms with van der Waals surface area (Å²) < 4.78 is 6.98. The molecule has 1 amide bonds. The molecule has 2 saturated heterocycles. The van der Waals surface area contributed by atoms with E-state index >= 15 is 0 Å². The zero-order valence-electron chi connectivity index (χ0n) is 13.2. The molecule has 0 radical (unpaired) electrons. The second-order valence-electron chi connectivity index (χ2n) is 6.59. The van der Waals surface area contributed by atoms with Gasteiger partial charge in [0, 0.05) is 50.9 Å². The summed E-state index contributed by atoms with van der Waals surface area (Å²) in [5.74, 6) is 0. The highest BCUT2D eigenvalue weighted by atomic mass is 16.6. The van der Waals surface area contributed by atoms with Crippen molar-refractivity contribution in [3.8, 4) is 0 Å². The minimum absolute atomic E-state index is 0.112. The fourth-order valence-electron chi connectivity index (χ4n) is 3.54. The molecule has 122 valence electrons. The smallest absolute Gasteiger partial charge is 0.410 e. The number of fused-ring (bicyclic) bond motifs is 1. The maximum Gasteiger partial charge on any atom is 0.410 e. The molecule has 2 aromatic heterocycles. The minimum atomic E-state index is -0.407. The van der Waals surface area contributed by atoms with Crippen molar-refractivity contribution in [3.63, 3.8) is 0 Å². The first-order valence-electron chi connectivity index (χ1n) is 7.69.